The Morgan fingerprint density at radius 3 is 2.56 bits per heavy atom. The van der Waals surface area contributed by atoms with E-state index < -0.39 is 22.0 Å². The molecular weight excluding hydrogens is 500 g/mol. The van der Waals surface area contributed by atoms with Crippen molar-refractivity contribution in [1.82, 2.24) is 4.98 Å². The molecule has 0 bridgehead atoms. The Labute approximate surface area is 214 Å². The molecule has 0 aliphatic carbocycles. The van der Waals surface area contributed by atoms with Gasteiger partial charge in [0.15, 0.2) is 0 Å². The quantitative estimate of drug-likeness (QED) is 0.307. The number of pyridine rings is 1. The van der Waals surface area contributed by atoms with Crippen LogP contribution >= 0.6 is 11.6 Å². The third kappa shape index (κ3) is 4.38. The van der Waals surface area contributed by atoms with Crippen molar-refractivity contribution in [2.24, 2.45) is 0 Å². The van der Waals surface area contributed by atoms with Gasteiger partial charge in [-0.3, -0.25) is 14.1 Å². The average Bonchev–Trinajstić information content (AvgIpc) is 3.09. The van der Waals surface area contributed by atoms with E-state index in [1.165, 1.54) is 11.4 Å². The van der Waals surface area contributed by atoms with Gasteiger partial charge in [0, 0.05) is 21.7 Å². The number of nitrogens with zero attached hydrogens (tertiary/aromatic N) is 2. The number of hydrogen-bond acceptors (Lipinski definition) is 6. The first-order valence-electron chi connectivity index (χ1n) is 11.3. The molecule has 1 aliphatic heterocycles. The fourth-order valence-electron chi connectivity index (χ4n) is 4.53. The number of rotatable bonds is 6. The van der Waals surface area contributed by atoms with Crippen LogP contribution in [0.3, 0.4) is 0 Å². The Morgan fingerprint density at radius 1 is 1.06 bits per heavy atom. The number of benzene rings is 3. The molecule has 0 N–H and O–H groups in total. The fourth-order valence-corrected chi connectivity index (χ4v) is 6.59. The number of aromatic nitrogens is 1. The van der Waals surface area contributed by atoms with Crippen LogP contribution in [-0.2, 0) is 26.2 Å². The Morgan fingerprint density at radius 2 is 1.81 bits per heavy atom. The molecule has 7 nitrogen and oxygen atoms in total. The van der Waals surface area contributed by atoms with E-state index in [1.807, 2.05) is 25.1 Å². The number of sulfonamides is 1. The molecule has 4 aromatic rings. The van der Waals surface area contributed by atoms with Crippen molar-refractivity contribution in [3.63, 3.8) is 0 Å². The van der Waals surface area contributed by atoms with Gasteiger partial charge < -0.3 is 9.47 Å². The zero-order chi connectivity index (χ0) is 25.4. The number of anilines is 1. The highest BCUT2D eigenvalue weighted by atomic mass is 35.5. The highest BCUT2D eigenvalue weighted by Crippen LogP contribution is 2.44. The van der Waals surface area contributed by atoms with Gasteiger partial charge in [-0.05, 0) is 67.1 Å². The van der Waals surface area contributed by atoms with Crippen LogP contribution in [0.2, 0.25) is 5.02 Å². The second kappa shape index (κ2) is 9.44. The third-order valence-corrected chi connectivity index (χ3v) is 8.30. The number of esters is 1. The van der Waals surface area contributed by atoms with E-state index in [4.69, 9.17) is 21.1 Å². The van der Waals surface area contributed by atoms with E-state index >= 15 is 0 Å². The number of hydrogen-bond donors (Lipinski definition) is 0. The lowest BCUT2D eigenvalue weighted by Crippen LogP contribution is -2.29. The highest BCUT2D eigenvalue weighted by Gasteiger charge is 2.43. The van der Waals surface area contributed by atoms with Crippen LogP contribution in [0.15, 0.2) is 77.7 Å². The molecule has 9 heteroatoms. The second-order valence-electron chi connectivity index (χ2n) is 8.50. The maximum absolute atomic E-state index is 13.4. The molecule has 0 saturated heterocycles. The Balaban J connectivity index is 1.42. The summed E-state index contributed by atoms with van der Waals surface area (Å²) in [5, 5.41) is 1.53. The summed E-state index contributed by atoms with van der Waals surface area (Å²) in [7, 11) is -2.55. The first-order valence-corrected chi connectivity index (χ1v) is 13.1. The van der Waals surface area contributed by atoms with Crippen molar-refractivity contribution in [3.8, 4) is 5.75 Å². The minimum atomic E-state index is -3.84. The van der Waals surface area contributed by atoms with Crippen molar-refractivity contribution in [2.75, 3.05) is 11.4 Å². The Bertz CT molecular complexity index is 1570. The van der Waals surface area contributed by atoms with Crippen LogP contribution < -0.4 is 9.04 Å². The van der Waals surface area contributed by atoms with E-state index in [-0.39, 0.29) is 17.9 Å². The number of ether oxygens (including phenoxy) is 2. The van der Waals surface area contributed by atoms with Crippen molar-refractivity contribution >= 4 is 44.2 Å². The molecule has 0 spiro atoms. The van der Waals surface area contributed by atoms with Crippen LogP contribution in [0.4, 0.5) is 5.69 Å². The molecule has 1 aromatic heterocycles. The number of carbonyl (C=O) groups is 1. The van der Waals surface area contributed by atoms with Crippen molar-refractivity contribution in [1.29, 1.82) is 0 Å². The largest absolute Gasteiger partial charge is 0.489 e. The lowest BCUT2D eigenvalue weighted by Gasteiger charge is -2.25. The summed E-state index contributed by atoms with van der Waals surface area (Å²) in [5.74, 6) is 0.0823. The highest BCUT2D eigenvalue weighted by molar-refractivity contribution is 7.93. The molecule has 0 saturated carbocycles. The maximum Gasteiger partial charge on any atom is 0.307 e. The standard InChI is InChI=1S/C27H23ClN2O5S/c1-17-13-18(23-14-19(28)7-12-24(23)29-17)16-35-21-10-8-20(9-11-21)30-25(15-27(31)34-2)22-5-3-4-6-26(22)36(30,32)33/h3-14,25H,15-16H2,1-2H3. The molecule has 1 unspecified atom stereocenters. The summed E-state index contributed by atoms with van der Waals surface area (Å²) in [6.45, 7) is 2.21. The van der Waals surface area contributed by atoms with Crippen LogP contribution in [0.1, 0.15) is 29.3 Å². The van der Waals surface area contributed by atoms with Crippen LogP contribution in [0, 0.1) is 6.92 Å². The van der Waals surface area contributed by atoms with Crippen LogP contribution in [-0.4, -0.2) is 26.5 Å². The van der Waals surface area contributed by atoms with Gasteiger partial charge >= 0.3 is 5.97 Å². The zero-order valence-corrected chi connectivity index (χ0v) is 21.2. The van der Waals surface area contributed by atoms with E-state index in [0.717, 1.165) is 22.2 Å². The predicted molar refractivity (Wildman–Crippen MR) is 138 cm³/mol. The topological polar surface area (TPSA) is 85.8 Å². The number of aryl methyl sites for hydroxylation is 1. The summed E-state index contributed by atoms with van der Waals surface area (Å²) in [5.41, 5.74) is 3.66. The molecular formula is C27H23ClN2O5S. The fraction of sp³-hybridized carbons (Fsp3) is 0.185. The summed E-state index contributed by atoms with van der Waals surface area (Å²) in [4.78, 5) is 16.8. The molecule has 0 fully saturated rings. The van der Waals surface area contributed by atoms with Crippen molar-refractivity contribution in [2.45, 2.75) is 30.9 Å². The Kier molecular flexibility index (Phi) is 6.32. The number of halogens is 1. The summed E-state index contributed by atoms with van der Waals surface area (Å²) < 4.78 is 38.9. The first kappa shape index (κ1) is 24.1. The van der Waals surface area contributed by atoms with Crippen molar-refractivity contribution < 1.29 is 22.7 Å². The van der Waals surface area contributed by atoms with Gasteiger partial charge in [0.25, 0.3) is 10.0 Å². The number of fused-ring (bicyclic) bond motifs is 2. The van der Waals surface area contributed by atoms with E-state index in [1.54, 1.807) is 54.6 Å². The lowest BCUT2D eigenvalue weighted by atomic mass is 10.0. The molecule has 184 valence electrons. The minimum Gasteiger partial charge on any atom is -0.489 e. The Hall–Kier alpha value is -3.62. The van der Waals surface area contributed by atoms with Gasteiger partial charge in [-0.1, -0.05) is 29.8 Å². The van der Waals surface area contributed by atoms with Crippen LogP contribution in [0.5, 0.6) is 5.75 Å². The monoisotopic (exact) mass is 522 g/mol. The number of carbonyl (C=O) groups excluding carboxylic acids is 1. The first-order chi connectivity index (χ1) is 17.3. The molecule has 3 aromatic carbocycles. The lowest BCUT2D eigenvalue weighted by molar-refractivity contribution is -0.141. The summed E-state index contributed by atoms with van der Waals surface area (Å²) in [6.07, 6.45) is -0.0952. The third-order valence-electron chi connectivity index (χ3n) is 6.16. The molecule has 2 heterocycles. The summed E-state index contributed by atoms with van der Waals surface area (Å²) >= 11 is 6.19. The molecule has 0 amide bonds. The number of methoxy groups -OCH3 is 1. The minimum absolute atomic E-state index is 0.0952. The van der Waals surface area contributed by atoms with Gasteiger partial charge in [0.05, 0.1) is 35.7 Å². The zero-order valence-electron chi connectivity index (χ0n) is 19.6. The SMILES string of the molecule is COC(=O)CC1c2ccccc2S(=O)(=O)N1c1ccc(OCc2cc(C)nc3ccc(Cl)cc23)cc1. The van der Waals surface area contributed by atoms with E-state index in [2.05, 4.69) is 4.98 Å². The smallest absolute Gasteiger partial charge is 0.307 e. The van der Waals surface area contributed by atoms with Gasteiger partial charge in [-0.25, -0.2) is 8.42 Å². The van der Waals surface area contributed by atoms with E-state index in [0.29, 0.717) is 22.0 Å². The van der Waals surface area contributed by atoms with Gasteiger partial charge in [-0.2, -0.15) is 0 Å². The molecule has 5 rings (SSSR count). The van der Waals surface area contributed by atoms with E-state index in [9.17, 15) is 13.2 Å². The summed E-state index contributed by atoms with van der Waals surface area (Å²) in [6, 6.07) is 20.3. The van der Waals surface area contributed by atoms with Gasteiger partial charge in [0.2, 0.25) is 0 Å². The molecule has 1 aliphatic rings. The maximum atomic E-state index is 13.4. The van der Waals surface area contributed by atoms with Crippen molar-refractivity contribution in [3.05, 3.63) is 94.6 Å². The van der Waals surface area contributed by atoms with Gasteiger partial charge in [0.1, 0.15) is 12.4 Å². The van der Waals surface area contributed by atoms with Crippen LogP contribution in [0.25, 0.3) is 10.9 Å². The normalized spacial score (nSPS) is 16.1. The molecule has 1 atom stereocenters. The second-order valence-corrected chi connectivity index (χ2v) is 10.7. The molecule has 0 radical (unpaired) electrons. The average molecular weight is 523 g/mol. The van der Waals surface area contributed by atoms with Gasteiger partial charge in [-0.15, -0.1) is 0 Å². The predicted octanol–water partition coefficient (Wildman–Crippen LogP) is 5.59. The molecule has 36 heavy (non-hydrogen) atoms.